The standard InChI is InChI=1S/C18H30N4O.2ClH/c1-15-5-4-6-16(13-15)22-11-9-21(10-12-22)8-7-17(23)20-18(2,3)14-19;;/h4-6,13H,7-12,14,19H2,1-3H3,(H,20,23);2*1H. The molecule has 3 N–H and O–H groups in total. The molecular weight excluding hydrogens is 359 g/mol. The Labute approximate surface area is 164 Å². The second-order valence-corrected chi connectivity index (χ2v) is 7.05. The van der Waals surface area contributed by atoms with Crippen LogP contribution in [-0.4, -0.2) is 55.6 Å². The molecule has 1 aromatic rings. The van der Waals surface area contributed by atoms with Crippen LogP contribution >= 0.6 is 24.8 Å². The number of carbonyl (C=O) groups is 1. The van der Waals surface area contributed by atoms with Gasteiger partial charge in [0.1, 0.15) is 0 Å². The summed E-state index contributed by atoms with van der Waals surface area (Å²) in [6.07, 6.45) is 0.536. The Kier molecular flexibility index (Phi) is 10.4. The molecule has 1 fully saturated rings. The van der Waals surface area contributed by atoms with Gasteiger partial charge < -0.3 is 16.0 Å². The van der Waals surface area contributed by atoms with Crippen LogP contribution in [0.3, 0.4) is 0 Å². The van der Waals surface area contributed by atoms with Crippen LogP contribution in [0.15, 0.2) is 24.3 Å². The van der Waals surface area contributed by atoms with Crippen LogP contribution in [-0.2, 0) is 4.79 Å². The first-order chi connectivity index (χ1) is 10.9. The van der Waals surface area contributed by atoms with E-state index in [0.29, 0.717) is 13.0 Å². The number of nitrogens with two attached hydrogens (primary N) is 1. The molecule has 0 atom stereocenters. The van der Waals surface area contributed by atoms with Crippen molar-refractivity contribution in [2.24, 2.45) is 5.73 Å². The molecular formula is C18H32Cl2N4O. The van der Waals surface area contributed by atoms with Crippen LogP contribution in [0, 0.1) is 6.92 Å². The molecule has 144 valence electrons. The molecule has 0 bridgehead atoms. The zero-order valence-electron chi connectivity index (χ0n) is 15.5. The van der Waals surface area contributed by atoms with Gasteiger partial charge in [0.2, 0.25) is 5.91 Å². The number of hydrogen-bond donors (Lipinski definition) is 2. The zero-order chi connectivity index (χ0) is 16.9. The van der Waals surface area contributed by atoms with Gasteiger partial charge >= 0.3 is 0 Å². The van der Waals surface area contributed by atoms with Gasteiger partial charge in [0.15, 0.2) is 0 Å². The van der Waals surface area contributed by atoms with Crippen LogP contribution in [0.4, 0.5) is 5.69 Å². The average Bonchev–Trinajstić information content (AvgIpc) is 2.53. The van der Waals surface area contributed by atoms with E-state index in [-0.39, 0.29) is 36.3 Å². The van der Waals surface area contributed by atoms with Gasteiger partial charge in [-0.15, -0.1) is 24.8 Å². The van der Waals surface area contributed by atoms with E-state index in [1.807, 2.05) is 13.8 Å². The highest BCUT2D eigenvalue weighted by Crippen LogP contribution is 2.17. The first kappa shape index (κ1) is 24.0. The highest BCUT2D eigenvalue weighted by atomic mass is 35.5. The van der Waals surface area contributed by atoms with Crippen LogP contribution < -0.4 is 16.0 Å². The molecule has 0 saturated carbocycles. The summed E-state index contributed by atoms with van der Waals surface area (Å²) in [6.45, 7) is 11.3. The van der Waals surface area contributed by atoms with Gasteiger partial charge in [0, 0.05) is 56.9 Å². The predicted molar refractivity (Wildman–Crippen MR) is 110 cm³/mol. The molecule has 2 rings (SSSR count). The largest absolute Gasteiger partial charge is 0.369 e. The summed E-state index contributed by atoms with van der Waals surface area (Å²) in [6, 6.07) is 8.64. The molecule has 0 unspecified atom stereocenters. The maximum absolute atomic E-state index is 12.0. The Morgan fingerprint density at radius 1 is 1.20 bits per heavy atom. The minimum Gasteiger partial charge on any atom is -0.369 e. The van der Waals surface area contributed by atoms with E-state index in [9.17, 15) is 4.79 Å². The molecule has 1 amide bonds. The minimum atomic E-state index is -0.319. The second-order valence-electron chi connectivity index (χ2n) is 7.05. The van der Waals surface area contributed by atoms with E-state index in [1.165, 1.54) is 11.3 Å². The molecule has 0 radical (unpaired) electrons. The fourth-order valence-electron chi connectivity index (χ4n) is 2.80. The summed E-state index contributed by atoms with van der Waals surface area (Å²) in [5, 5.41) is 2.99. The van der Waals surface area contributed by atoms with E-state index < -0.39 is 0 Å². The summed E-state index contributed by atoms with van der Waals surface area (Å²) < 4.78 is 0. The fourth-order valence-corrected chi connectivity index (χ4v) is 2.80. The SMILES string of the molecule is Cc1cccc(N2CCN(CCC(=O)NC(C)(C)CN)CC2)c1.Cl.Cl. The van der Waals surface area contributed by atoms with Crippen molar-refractivity contribution in [1.82, 2.24) is 10.2 Å². The number of nitrogens with one attached hydrogen (secondary N) is 1. The number of rotatable bonds is 6. The monoisotopic (exact) mass is 390 g/mol. The smallest absolute Gasteiger partial charge is 0.221 e. The number of aryl methyl sites for hydroxylation is 1. The summed E-state index contributed by atoms with van der Waals surface area (Å²) in [5.41, 5.74) is 7.92. The lowest BCUT2D eigenvalue weighted by molar-refractivity contribution is -0.122. The van der Waals surface area contributed by atoms with E-state index in [4.69, 9.17) is 5.73 Å². The number of nitrogens with zero attached hydrogens (tertiary/aromatic N) is 2. The van der Waals surface area contributed by atoms with E-state index in [2.05, 4.69) is 46.3 Å². The molecule has 1 heterocycles. The van der Waals surface area contributed by atoms with E-state index >= 15 is 0 Å². The summed E-state index contributed by atoms with van der Waals surface area (Å²) in [4.78, 5) is 16.8. The Hall–Kier alpha value is -1.01. The van der Waals surface area contributed by atoms with Gasteiger partial charge in [0.05, 0.1) is 0 Å². The normalized spacial score (nSPS) is 15.1. The highest BCUT2D eigenvalue weighted by Gasteiger charge is 2.20. The van der Waals surface area contributed by atoms with Gasteiger partial charge in [-0.3, -0.25) is 9.69 Å². The fraction of sp³-hybridized carbons (Fsp3) is 0.611. The molecule has 1 aromatic carbocycles. The van der Waals surface area contributed by atoms with Crippen molar-refractivity contribution < 1.29 is 4.79 Å². The number of carbonyl (C=O) groups excluding carboxylic acids is 1. The molecule has 0 aliphatic carbocycles. The number of hydrogen-bond acceptors (Lipinski definition) is 4. The van der Waals surface area contributed by atoms with Crippen molar-refractivity contribution in [2.45, 2.75) is 32.7 Å². The lowest BCUT2D eigenvalue weighted by atomic mass is 10.1. The third-order valence-corrected chi connectivity index (χ3v) is 4.38. The number of anilines is 1. The van der Waals surface area contributed by atoms with Gasteiger partial charge in [0.25, 0.3) is 0 Å². The minimum absolute atomic E-state index is 0. The van der Waals surface area contributed by atoms with E-state index in [0.717, 1.165) is 32.7 Å². The zero-order valence-corrected chi connectivity index (χ0v) is 17.1. The molecule has 0 spiro atoms. The first-order valence-electron chi connectivity index (χ1n) is 8.45. The third kappa shape index (κ3) is 7.82. The Balaban J connectivity index is 0.00000288. The number of benzene rings is 1. The number of piperazine rings is 1. The van der Waals surface area contributed by atoms with Crippen LogP contribution in [0.5, 0.6) is 0 Å². The third-order valence-electron chi connectivity index (χ3n) is 4.38. The quantitative estimate of drug-likeness (QED) is 0.781. The maximum atomic E-state index is 12.0. The van der Waals surface area contributed by atoms with Crippen molar-refractivity contribution in [3.05, 3.63) is 29.8 Å². The van der Waals surface area contributed by atoms with Gasteiger partial charge in [-0.2, -0.15) is 0 Å². The van der Waals surface area contributed by atoms with Crippen molar-refractivity contribution >= 4 is 36.4 Å². The lowest BCUT2D eigenvalue weighted by Gasteiger charge is -2.36. The predicted octanol–water partition coefficient (Wildman–Crippen LogP) is 2.20. The molecule has 5 nitrogen and oxygen atoms in total. The summed E-state index contributed by atoms with van der Waals surface area (Å²) in [7, 11) is 0. The Bertz CT molecular complexity index is 532. The molecule has 1 aliphatic rings. The molecule has 1 aliphatic heterocycles. The molecule has 0 aromatic heterocycles. The van der Waals surface area contributed by atoms with Crippen LogP contribution in [0.2, 0.25) is 0 Å². The Morgan fingerprint density at radius 3 is 2.40 bits per heavy atom. The molecule has 25 heavy (non-hydrogen) atoms. The molecule has 7 heteroatoms. The Morgan fingerprint density at radius 2 is 1.84 bits per heavy atom. The van der Waals surface area contributed by atoms with Crippen molar-refractivity contribution in [1.29, 1.82) is 0 Å². The number of amides is 1. The van der Waals surface area contributed by atoms with Gasteiger partial charge in [-0.1, -0.05) is 12.1 Å². The van der Waals surface area contributed by atoms with E-state index in [1.54, 1.807) is 0 Å². The van der Waals surface area contributed by atoms with Crippen LogP contribution in [0.25, 0.3) is 0 Å². The van der Waals surface area contributed by atoms with Crippen LogP contribution in [0.1, 0.15) is 25.8 Å². The topological polar surface area (TPSA) is 61.6 Å². The summed E-state index contributed by atoms with van der Waals surface area (Å²) in [5.74, 6) is 0.0848. The van der Waals surface area contributed by atoms with Crippen molar-refractivity contribution in [2.75, 3.05) is 44.2 Å². The van der Waals surface area contributed by atoms with Gasteiger partial charge in [-0.25, -0.2) is 0 Å². The lowest BCUT2D eigenvalue weighted by Crippen LogP contribution is -2.50. The van der Waals surface area contributed by atoms with Crippen molar-refractivity contribution in [3.8, 4) is 0 Å². The highest BCUT2D eigenvalue weighted by molar-refractivity contribution is 5.85. The van der Waals surface area contributed by atoms with Gasteiger partial charge in [-0.05, 0) is 38.5 Å². The average molecular weight is 391 g/mol. The molecule has 1 saturated heterocycles. The van der Waals surface area contributed by atoms with Crippen molar-refractivity contribution in [3.63, 3.8) is 0 Å². The number of halogens is 2. The maximum Gasteiger partial charge on any atom is 0.221 e. The second kappa shape index (κ2) is 10.9. The summed E-state index contributed by atoms with van der Waals surface area (Å²) >= 11 is 0. The first-order valence-corrected chi connectivity index (χ1v) is 8.45.